The fourth-order valence-electron chi connectivity index (χ4n) is 3.51. The molecule has 9 heteroatoms. The Labute approximate surface area is 186 Å². The van der Waals surface area contributed by atoms with Crippen LogP contribution in [0, 0.1) is 0 Å². The first-order valence-electron chi connectivity index (χ1n) is 8.70. The average molecular weight is 520 g/mol. The van der Waals surface area contributed by atoms with Crippen molar-refractivity contribution in [1.29, 1.82) is 0 Å². The Hall–Kier alpha value is -3.13. The van der Waals surface area contributed by atoms with Crippen LogP contribution in [0.25, 0.3) is 21.5 Å². The molecule has 8 nitrogen and oxygen atoms in total. The van der Waals surface area contributed by atoms with Gasteiger partial charge in [0.15, 0.2) is 46.0 Å². The number of methoxy groups -OCH3 is 3. The van der Waals surface area contributed by atoms with Crippen LogP contribution in [0.1, 0.15) is 11.1 Å². The van der Waals surface area contributed by atoms with Gasteiger partial charge in [-0.1, -0.05) is 0 Å². The van der Waals surface area contributed by atoms with Crippen molar-refractivity contribution in [2.45, 2.75) is 13.1 Å². The van der Waals surface area contributed by atoms with Gasteiger partial charge in [-0.25, -0.2) is 19.6 Å². The maximum Gasteiger partial charge on any atom is 0.235 e. The van der Waals surface area contributed by atoms with Crippen LogP contribution < -0.4 is 17.3 Å². The molecule has 3 aromatic rings. The first-order valence-corrected chi connectivity index (χ1v) is 9.58. The van der Waals surface area contributed by atoms with Gasteiger partial charge in [0.2, 0.25) is 12.2 Å². The minimum Gasteiger partial charge on any atom is -0.493 e. The Kier molecular flexibility index (Phi) is 6.89. The van der Waals surface area contributed by atoms with Gasteiger partial charge in [0.05, 0.1) is 34.4 Å². The third kappa shape index (κ3) is 3.82. The lowest BCUT2D eigenvalue weighted by Crippen LogP contribution is -1.99. The number of rotatable bonds is 8. The van der Waals surface area contributed by atoms with Gasteiger partial charge in [0.1, 0.15) is 0 Å². The lowest BCUT2D eigenvalue weighted by atomic mass is 9.90. The van der Waals surface area contributed by atoms with Crippen LogP contribution in [0.15, 0.2) is 34.3 Å². The molecular formula is C21H17IN2O6. The summed E-state index contributed by atoms with van der Waals surface area (Å²) in [5.74, 6) is 2.05. The number of halogens is 1. The minimum absolute atomic E-state index is 0.0935. The van der Waals surface area contributed by atoms with Crippen LogP contribution in [0.2, 0.25) is 0 Å². The highest BCUT2D eigenvalue weighted by atomic mass is 127. The van der Waals surface area contributed by atoms with Crippen LogP contribution in [0.3, 0.4) is 0 Å². The zero-order valence-corrected chi connectivity index (χ0v) is 18.6. The van der Waals surface area contributed by atoms with Crippen LogP contribution in [0.4, 0.5) is 0 Å². The second-order valence-corrected chi connectivity index (χ2v) is 6.59. The second-order valence-electron chi connectivity index (χ2n) is 6.15. The van der Waals surface area contributed by atoms with Gasteiger partial charge in [-0.05, 0) is 56.9 Å². The number of isocyanates is 2. The summed E-state index contributed by atoms with van der Waals surface area (Å²) in [7, 11) is 4.62. The Morgan fingerprint density at radius 3 is 1.33 bits per heavy atom. The molecule has 30 heavy (non-hydrogen) atoms. The molecule has 0 heterocycles. The summed E-state index contributed by atoms with van der Waals surface area (Å²) in [4.78, 5) is 29.3. The Bertz CT molecular complexity index is 1050. The van der Waals surface area contributed by atoms with E-state index in [1.165, 1.54) is 7.11 Å². The fraction of sp³-hybridized carbons (Fsp3) is 0.238. The Morgan fingerprint density at radius 2 is 1.03 bits per heavy atom. The third-order valence-corrected chi connectivity index (χ3v) is 5.29. The molecule has 0 aromatic heterocycles. The van der Waals surface area contributed by atoms with Crippen molar-refractivity contribution in [1.82, 2.24) is 0 Å². The van der Waals surface area contributed by atoms with Gasteiger partial charge in [-0.2, -0.15) is 0 Å². The van der Waals surface area contributed by atoms with Crippen molar-refractivity contribution < 1.29 is 26.9 Å². The summed E-state index contributed by atoms with van der Waals surface area (Å²) in [6.45, 7) is 0.188. The second kappa shape index (κ2) is 9.58. The molecule has 0 aliphatic rings. The predicted octanol–water partition coefficient (Wildman–Crippen LogP) is 4.42. The Balaban J connectivity index is 2.59. The van der Waals surface area contributed by atoms with Gasteiger partial charge < -0.3 is 17.3 Å². The van der Waals surface area contributed by atoms with E-state index in [0.717, 1.165) is 32.7 Å². The molecule has 154 valence electrons. The van der Waals surface area contributed by atoms with Crippen LogP contribution in [-0.4, -0.2) is 33.5 Å². The molecule has 0 aliphatic carbocycles. The van der Waals surface area contributed by atoms with Crippen molar-refractivity contribution in [3.63, 3.8) is 0 Å². The molecule has 3 aromatic carbocycles. The van der Waals surface area contributed by atoms with Crippen molar-refractivity contribution in [2.24, 2.45) is 9.98 Å². The molecule has 0 spiro atoms. The van der Waals surface area contributed by atoms with Crippen molar-refractivity contribution >= 4 is 56.7 Å². The van der Waals surface area contributed by atoms with Gasteiger partial charge in [-0.15, -0.1) is 0 Å². The fourth-order valence-corrected chi connectivity index (χ4v) is 3.86. The topological polar surface area (TPSA) is 95.8 Å². The van der Waals surface area contributed by atoms with Crippen molar-refractivity contribution in [3.8, 4) is 23.0 Å². The van der Waals surface area contributed by atoms with Crippen LogP contribution in [0.5, 0.6) is 23.0 Å². The molecule has 0 bridgehead atoms. The molecule has 3 rings (SSSR count). The molecule has 0 N–H and O–H groups in total. The number of ether oxygens (including phenoxy) is 3. The van der Waals surface area contributed by atoms with Gasteiger partial charge in [0, 0.05) is 0 Å². The molecule has 0 aliphatic heterocycles. The highest BCUT2D eigenvalue weighted by Crippen LogP contribution is 2.43. The van der Waals surface area contributed by atoms with Crippen molar-refractivity contribution in [3.05, 3.63) is 35.4 Å². The average Bonchev–Trinajstić information content (AvgIpc) is 2.79. The number of benzene rings is 3. The molecule has 0 atom stereocenters. The summed E-state index contributed by atoms with van der Waals surface area (Å²) in [6.07, 6.45) is 3.18. The quantitative estimate of drug-likeness (QED) is 0.189. The molecule has 0 unspecified atom stereocenters. The van der Waals surface area contributed by atoms with E-state index in [0.29, 0.717) is 23.0 Å². The van der Waals surface area contributed by atoms with E-state index in [2.05, 4.69) is 9.98 Å². The first-order chi connectivity index (χ1) is 14.6. The number of hydrogen-bond acceptors (Lipinski definition) is 8. The normalized spacial score (nSPS) is 10.3. The summed E-state index contributed by atoms with van der Waals surface area (Å²) in [6, 6.07) is 7.24. The molecule has 0 amide bonds. The minimum atomic E-state index is 0.0935. The SMILES string of the molecule is COc1cc2c(CN=C=O)c3cc(OC)c(OI)cc3c(CN=C=O)c2cc1OC. The van der Waals surface area contributed by atoms with E-state index >= 15 is 0 Å². The van der Waals surface area contributed by atoms with E-state index in [4.69, 9.17) is 17.3 Å². The highest BCUT2D eigenvalue weighted by molar-refractivity contribution is 14.1. The third-order valence-electron chi connectivity index (χ3n) is 4.81. The van der Waals surface area contributed by atoms with E-state index < -0.39 is 0 Å². The van der Waals surface area contributed by atoms with Gasteiger partial charge in [0.25, 0.3) is 0 Å². The monoisotopic (exact) mass is 520 g/mol. The van der Waals surface area contributed by atoms with Crippen molar-refractivity contribution in [2.75, 3.05) is 21.3 Å². The van der Waals surface area contributed by atoms with Gasteiger partial charge >= 0.3 is 0 Å². The Morgan fingerprint density at radius 1 is 0.700 bits per heavy atom. The number of aliphatic imine (C=N–C) groups is 2. The zero-order chi connectivity index (χ0) is 21.7. The predicted molar refractivity (Wildman–Crippen MR) is 119 cm³/mol. The number of carbonyl (C=O) groups excluding carboxylic acids is 2. The highest BCUT2D eigenvalue weighted by Gasteiger charge is 2.20. The maximum absolute atomic E-state index is 10.9. The summed E-state index contributed by atoms with van der Waals surface area (Å²) in [5, 5.41) is 3.11. The lowest BCUT2D eigenvalue weighted by Gasteiger charge is -2.18. The van der Waals surface area contributed by atoms with Gasteiger partial charge in [-0.3, -0.25) is 0 Å². The lowest BCUT2D eigenvalue weighted by molar-refractivity contribution is 0.356. The number of nitrogens with zero attached hydrogens (tertiary/aromatic N) is 2. The molecule has 0 saturated heterocycles. The molecule has 0 fully saturated rings. The summed E-state index contributed by atoms with van der Waals surface area (Å²) < 4.78 is 21.8. The summed E-state index contributed by atoms with van der Waals surface area (Å²) in [5.41, 5.74) is 1.53. The molecular weight excluding hydrogens is 503 g/mol. The first kappa shape index (κ1) is 21.6. The van der Waals surface area contributed by atoms with E-state index in [1.807, 2.05) is 18.2 Å². The smallest absolute Gasteiger partial charge is 0.235 e. The zero-order valence-electron chi connectivity index (χ0n) is 16.4. The maximum atomic E-state index is 10.9. The molecule has 0 saturated carbocycles. The largest absolute Gasteiger partial charge is 0.493 e. The van der Waals surface area contributed by atoms with E-state index in [9.17, 15) is 9.59 Å². The molecule has 0 radical (unpaired) electrons. The number of hydrogen-bond donors (Lipinski definition) is 0. The standard InChI is InChI=1S/C21H17IN2O6/c1-27-18-4-12-13(5-19(18)28-2)17(9-24-11-26)15-7-21(30-22)20(29-3)6-14(15)16(12)8-23-10-25/h4-7H,8-9H2,1-3H3. The number of fused-ring (bicyclic) bond motifs is 2. The van der Waals surface area contributed by atoms with E-state index in [1.54, 1.807) is 55.5 Å². The van der Waals surface area contributed by atoms with Crippen LogP contribution >= 0.6 is 23.0 Å². The van der Waals surface area contributed by atoms with Crippen LogP contribution in [-0.2, 0) is 22.7 Å². The summed E-state index contributed by atoms with van der Waals surface area (Å²) >= 11 is 1.77. The van der Waals surface area contributed by atoms with E-state index in [-0.39, 0.29) is 13.1 Å².